The molecule has 1 aliphatic carbocycles. The van der Waals surface area contributed by atoms with Crippen LogP contribution in [0.4, 0.5) is 0 Å². The molecule has 0 aromatic rings. The van der Waals surface area contributed by atoms with E-state index >= 15 is 0 Å². The van der Waals surface area contributed by atoms with Gasteiger partial charge in [-0.05, 0) is 12.8 Å². The maximum absolute atomic E-state index is 11.3. The summed E-state index contributed by atoms with van der Waals surface area (Å²) in [5.74, 6) is -3.13. The largest absolute Gasteiger partial charge is 0.481 e. The number of carbonyl (C=O) groups excluding carboxylic acids is 2. The lowest BCUT2D eigenvalue weighted by Gasteiger charge is -2.09. The highest BCUT2D eigenvalue weighted by Gasteiger charge is 2.49. The quantitative estimate of drug-likeness (QED) is 0.537. The van der Waals surface area contributed by atoms with Crippen LogP contribution in [-0.4, -0.2) is 36.2 Å². The summed E-state index contributed by atoms with van der Waals surface area (Å²) in [6.07, 6.45) is 1.03. The van der Waals surface area contributed by atoms with Crippen molar-refractivity contribution in [3.05, 3.63) is 0 Å². The number of rotatable bonds is 7. The Morgan fingerprint density at radius 3 is 2.33 bits per heavy atom. The van der Waals surface area contributed by atoms with Crippen molar-refractivity contribution in [2.24, 2.45) is 17.8 Å². The molecule has 0 aromatic carbocycles. The Hall–Kier alpha value is -1.59. The van der Waals surface area contributed by atoms with Crippen molar-refractivity contribution in [3.8, 4) is 0 Å². The van der Waals surface area contributed by atoms with Gasteiger partial charge in [0.15, 0.2) is 0 Å². The Balaban J connectivity index is 2.10. The summed E-state index contributed by atoms with van der Waals surface area (Å²) >= 11 is 0. The summed E-state index contributed by atoms with van der Waals surface area (Å²) in [5, 5.41) is 8.63. The third-order valence-corrected chi connectivity index (χ3v) is 3.00. The van der Waals surface area contributed by atoms with Crippen molar-refractivity contribution in [2.75, 3.05) is 13.2 Å². The van der Waals surface area contributed by atoms with Gasteiger partial charge in [-0.2, -0.15) is 0 Å². The summed E-state index contributed by atoms with van der Waals surface area (Å²) in [6, 6.07) is 0. The van der Waals surface area contributed by atoms with E-state index < -0.39 is 23.8 Å². The van der Waals surface area contributed by atoms with Crippen LogP contribution < -0.4 is 0 Å². The molecule has 1 saturated carbocycles. The van der Waals surface area contributed by atoms with Gasteiger partial charge in [-0.3, -0.25) is 14.4 Å². The van der Waals surface area contributed by atoms with Crippen molar-refractivity contribution in [1.82, 2.24) is 0 Å². The van der Waals surface area contributed by atoms with E-state index in [2.05, 4.69) is 0 Å². The molecule has 18 heavy (non-hydrogen) atoms. The molecule has 6 heteroatoms. The number of esters is 2. The fourth-order valence-corrected chi connectivity index (χ4v) is 1.43. The van der Waals surface area contributed by atoms with E-state index in [4.69, 9.17) is 14.6 Å². The molecule has 1 aliphatic rings. The molecular formula is C12H18O6. The van der Waals surface area contributed by atoms with Gasteiger partial charge in [0.1, 0.15) is 13.2 Å². The lowest BCUT2D eigenvalue weighted by atomic mass is 10.1. The molecule has 0 bridgehead atoms. The molecule has 0 aliphatic heterocycles. The number of aliphatic carboxylic acids is 1. The molecule has 3 unspecified atom stereocenters. The van der Waals surface area contributed by atoms with E-state index in [9.17, 15) is 14.4 Å². The summed E-state index contributed by atoms with van der Waals surface area (Å²) in [4.78, 5) is 33.1. The fourth-order valence-electron chi connectivity index (χ4n) is 1.43. The van der Waals surface area contributed by atoms with E-state index in [-0.39, 0.29) is 25.1 Å². The third kappa shape index (κ3) is 4.01. The molecule has 0 heterocycles. The molecule has 1 fully saturated rings. The SMILES string of the molecule is CCC(C)C(=O)OCCOC(=O)C1CC1C(=O)O. The second kappa shape index (κ2) is 6.37. The zero-order chi connectivity index (χ0) is 13.7. The molecule has 6 nitrogen and oxygen atoms in total. The number of ether oxygens (including phenoxy) is 2. The fraction of sp³-hybridized carbons (Fsp3) is 0.750. The lowest BCUT2D eigenvalue weighted by Crippen LogP contribution is -2.19. The van der Waals surface area contributed by atoms with Crippen LogP contribution in [0.25, 0.3) is 0 Å². The molecule has 0 radical (unpaired) electrons. The van der Waals surface area contributed by atoms with Crippen LogP contribution in [0, 0.1) is 17.8 Å². The summed E-state index contributed by atoms with van der Waals surface area (Å²) in [5.41, 5.74) is 0. The van der Waals surface area contributed by atoms with Gasteiger partial charge in [0.25, 0.3) is 0 Å². The zero-order valence-electron chi connectivity index (χ0n) is 10.5. The Kier molecular flexibility index (Phi) is 5.12. The second-order valence-electron chi connectivity index (χ2n) is 4.43. The summed E-state index contributed by atoms with van der Waals surface area (Å²) in [6.45, 7) is 3.63. The van der Waals surface area contributed by atoms with E-state index in [0.29, 0.717) is 12.8 Å². The van der Waals surface area contributed by atoms with Crippen LogP contribution in [-0.2, 0) is 23.9 Å². The minimum Gasteiger partial charge on any atom is -0.481 e. The number of carbonyl (C=O) groups is 3. The number of hydrogen-bond acceptors (Lipinski definition) is 5. The van der Waals surface area contributed by atoms with Gasteiger partial charge in [0, 0.05) is 0 Å². The first-order chi connectivity index (χ1) is 8.47. The van der Waals surface area contributed by atoms with Crippen molar-refractivity contribution in [1.29, 1.82) is 0 Å². The van der Waals surface area contributed by atoms with Gasteiger partial charge in [0.05, 0.1) is 17.8 Å². The van der Waals surface area contributed by atoms with E-state index in [1.54, 1.807) is 6.92 Å². The summed E-state index contributed by atoms with van der Waals surface area (Å²) in [7, 11) is 0. The minimum absolute atomic E-state index is 0.0133. The predicted molar refractivity (Wildman–Crippen MR) is 60.6 cm³/mol. The smallest absolute Gasteiger partial charge is 0.309 e. The molecule has 0 aromatic heterocycles. The Labute approximate surface area is 105 Å². The van der Waals surface area contributed by atoms with E-state index in [1.807, 2.05) is 6.92 Å². The molecule has 1 rings (SSSR count). The highest BCUT2D eigenvalue weighted by atomic mass is 16.6. The normalized spacial score (nSPS) is 23.0. The van der Waals surface area contributed by atoms with Crippen LogP contribution in [0.3, 0.4) is 0 Å². The Morgan fingerprint density at radius 2 is 1.83 bits per heavy atom. The second-order valence-corrected chi connectivity index (χ2v) is 4.43. The molecule has 0 spiro atoms. The topological polar surface area (TPSA) is 89.9 Å². The number of carboxylic acids is 1. The molecular weight excluding hydrogens is 240 g/mol. The van der Waals surface area contributed by atoms with Crippen molar-refractivity contribution in [3.63, 3.8) is 0 Å². The average Bonchev–Trinajstić information content (AvgIpc) is 3.13. The van der Waals surface area contributed by atoms with Gasteiger partial charge in [-0.15, -0.1) is 0 Å². The van der Waals surface area contributed by atoms with Gasteiger partial charge in [-0.1, -0.05) is 13.8 Å². The highest BCUT2D eigenvalue weighted by molar-refractivity contribution is 5.86. The van der Waals surface area contributed by atoms with Gasteiger partial charge < -0.3 is 14.6 Å². The first-order valence-electron chi connectivity index (χ1n) is 6.03. The standard InChI is InChI=1S/C12H18O6/c1-3-7(2)11(15)17-4-5-18-12(16)9-6-8(9)10(13)14/h7-9H,3-6H2,1-2H3,(H,13,14). The zero-order valence-corrected chi connectivity index (χ0v) is 10.5. The predicted octanol–water partition coefficient (Wildman–Crippen LogP) is 0.840. The Bertz CT molecular complexity index is 337. The Morgan fingerprint density at radius 1 is 1.22 bits per heavy atom. The van der Waals surface area contributed by atoms with Crippen LogP contribution in [0.1, 0.15) is 26.7 Å². The first kappa shape index (κ1) is 14.5. The highest BCUT2D eigenvalue weighted by Crippen LogP contribution is 2.39. The van der Waals surface area contributed by atoms with Crippen LogP contribution >= 0.6 is 0 Å². The number of hydrogen-bond donors (Lipinski definition) is 1. The van der Waals surface area contributed by atoms with E-state index in [0.717, 1.165) is 0 Å². The molecule has 102 valence electrons. The van der Waals surface area contributed by atoms with Gasteiger partial charge >= 0.3 is 17.9 Å². The van der Waals surface area contributed by atoms with Crippen LogP contribution in [0.2, 0.25) is 0 Å². The first-order valence-corrected chi connectivity index (χ1v) is 6.03. The minimum atomic E-state index is -0.972. The molecule has 3 atom stereocenters. The lowest BCUT2D eigenvalue weighted by molar-refractivity contribution is -0.156. The molecule has 1 N–H and O–H groups in total. The van der Waals surface area contributed by atoms with Crippen molar-refractivity contribution >= 4 is 17.9 Å². The van der Waals surface area contributed by atoms with Crippen molar-refractivity contribution in [2.45, 2.75) is 26.7 Å². The average molecular weight is 258 g/mol. The van der Waals surface area contributed by atoms with Crippen LogP contribution in [0.15, 0.2) is 0 Å². The number of carboxylic acid groups (broad SMARTS) is 1. The third-order valence-electron chi connectivity index (χ3n) is 3.00. The monoisotopic (exact) mass is 258 g/mol. The van der Waals surface area contributed by atoms with Crippen LogP contribution in [0.5, 0.6) is 0 Å². The maximum Gasteiger partial charge on any atom is 0.309 e. The van der Waals surface area contributed by atoms with Gasteiger partial charge in [-0.25, -0.2) is 0 Å². The van der Waals surface area contributed by atoms with Gasteiger partial charge in [0.2, 0.25) is 0 Å². The molecule has 0 saturated heterocycles. The summed E-state index contributed by atoms with van der Waals surface area (Å²) < 4.78 is 9.72. The van der Waals surface area contributed by atoms with E-state index in [1.165, 1.54) is 0 Å². The maximum atomic E-state index is 11.3. The van der Waals surface area contributed by atoms with Crippen molar-refractivity contribution < 1.29 is 29.0 Å². The molecule has 0 amide bonds.